The maximum atomic E-state index is 12.3. The van der Waals surface area contributed by atoms with E-state index in [0.717, 1.165) is 0 Å². The lowest BCUT2D eigenvalue weighted by molar-refractivity contribution is -0.384. The summed E-state index contributed by atoms with van der Waals surface area (Å²) in [5.41, 5.74) is 3.51. The number of carbonyl (C=O) groups excluding carboxylic acids is 1. The molecule has 8 nitrogen and oxygen atoms in total. The highest BCUT2D eigenvalue weighted by molar-refractivity contribution is 6.30. The normalized spacial score (nSPS) is 11.3. The molecule has 1 heterocycles. The fourth-order valence-electron chi connectivity index (χ4n) is 2.38. The minimum absolute atomic E-state index is 0.0848. The van der Waals surface area contributed by atoms with Crippen LogP contribution in [-0.2, 0) is 7.05 Å². The average molecular weight is 384 g/mol. The number of nitrogens with zero attached hydrogens (tertiary/aromatic N) is 4. The molecule has 0 fully saturated rings. The zero-order valence-corrected chi connectivity index (χ0v) is 14.9. The van der Waals surface area contributed by atoms with Gasteiger partial charge in [-0.05, 0) is 24.3 Å². The Morgan fingerprint density at radius 3 is 2.59 bits per heavy atom. The zero-order chi connectivity index (χ0) is 19.4. The molecule has 27 heavy (non-hydrogen) atoms. The van der Waals surface area contributed by atoms with Gasteiger partial charge in [0.25, 0.3) is 11.6 Å². The molecule has 0 aliphatic rings. The lowest BCUT2D eigenvalue weighted by atomic mass is 10.1. The standard InChI is InChI=1S/C18H14ClN5O3/c1-23-10-9-20-17(23)16(13-3-2-4-15(11-13)24(26)27)21-22-18(25)12-5-7-14(19)8-6-12/h2-11H,1H3,(H,22,25)/b21-16+. The molecule has 1 N–H and O–H groups in total. The lowest BCUT2D eigenvalue weighted by Crippen LogP contribution is -2.22. The smallest absolute Gasteiger partial charge is 0.271 e. The highest BCUT2D eigenvalue weighted by Crippen LogP contribution is 2.17. The van der Waals surface area contributed by atoms with E-state index in [2.05, 4.69) is 15.5 Å². The third-order valence-corrected chi connectivity index (χ3v) is 3.99. The Balaban J connectivity index is 1.98. The van der Waals surface area contributed by atoms with E-state index in [4.69, 9.17) is 11.6 Å². The Bertz CT molecular complexity index is 1030. The number of halogens is 1. The molecule has 1 aromatic heterocycles. The van der Waals surface area contributed by atoms with E-state index in [1.54, 1.807) is 60.4 Å². The van der Waals surface area contributed by atoms with E-state index < -0.39 is 10.8 Å². The fourth-order valence-corrected chi connectivity index (χ4v) is 2.50. The third-order valence-electron chi connectivity index (χ3n) is 3.74. The summed E-state index contributed by atoms with van der Waals surface area (Å²) in [4.78, 5) is 27.1. The molecule has 0 unspecified atom stereocenters. The summed E-state index contributed by atoms with van der Waals surface area (Å²) < 4.78 is 1.70. The maximum Gasteiger partial charge on any atom is 0.271 e. The first-order valence-electron chi connectivity index (χ1n) is 7.82. The van der Waals surface area contributed by atoms with Gasteiger partial charge in [-0.25, -0.2) is 10.4 Å². The first-order valence-corrected chi connectivity index (χ1v) is 8.19. The van der Waals surface area contributed by atoms with Crippen molar-refractivity contribution in [1.29, 1.82) is 0 Å². The molecule has 0 radical (unpaired) electrons. The van der Waals surface area contributed by atoms with E-state index >= 15 is 0 Å². The van der Waals surface area contributed by atoms with E-state index in [1.165, 1.54) is 12.1 Å². The molecule has 136 valence electrons. The number of nitrogens with one attached hydrogen (secondary N) is 1. The molecule has 0 saturated heterocycles. The van der Waals surface area contributed by atoms with Crippen molar-refractivity contribution < 1.29 is 9.72 Å². The summed E-state index contributed by atoms with van der Waals surface area (Å²) in [6.45, 7) is 0. The monoisotopic (exact) mass is 383 g/mol. The second kappa shape index (κ2) is 7.79. The van der Waals surface area contributed by atoms with Gasteiger partial charge in [0.2, 0.25) is 0 Å². The quantitative estimate of drug-likeness (QED) is 0.415. The number of non-ortho nitro benzene ring substituents is 1. The molecule has 2 aromatic carbocycles. The van der Waals surface area contributed by atoms with Crippen molar-refractivity contribution >= 4 is 28.9 Å². The zero-order valence-electron chi connectivity index (χ0n) is 14.2. The molecule has 0 aliphatic heterocycles. The lowest BCUT2D eigenvalue weighted by Gasteiger charge is -2.08. The van der Waals surface area contributed by atoms with Crippen molar-refractivity contribution in [2.75, 3.05) is 0 Å². The van der Waals surface area contributed by atoms with Gasteiger partial charge in [0.1, 0.15) is 5.71 Å². The first kappa shape index (κ1) is 18.3. The number of hydrogen-bond acceptors (Lipinski definition) is 5. The molecule has 9 heteroatoms. The second-order valence-corrected chi connectivity index (χ2v) is 6.01. The van der Waals surface area contributed by atoms with Gasteiger partial charge in [0.15, 0.2) is 5.82 Å². The number of hydrazone groups is 1. The van der Waals surface area contributed by atoms with Crippen LogP contribution in [0, 0.1) is 10.1 Å². The summed E-state index contributed by atoms with van der Waals surface area (Å²) >= 11 is 5.82. The third kappa shape index (κ3) is 4.18. The van der Waals surface area contributed by atoms with E-state index in [1.807, 2.05) is 0 Å². The maximum absolute atomic E-state index is 12.3. The topological polar surface area (TPSA) is 102 Å². The van der Waals surface area contributed by atoms with Gasteiger partial charge >= 0.3 is 0 Å². The average Bonchev–Trinajstić information content (AvgIpc) is 3.08. The van der Waals surface area contributed by atoms with Gasteiger partial charge in [-0.15, -0.1) is 0 Å². The molecule has 0 aliphatic carbocycles. The van der Waals surface area contributed by atoms with Crippen LogP contribution in [0.15, 0.2) is 66.0 Å². The van der Waals surface area contributed by atoms with Gasteiger partial charge in [-0.3, -0.25) is 14.9 Å². The highest BCUT2D eigenvalue weighted by Gasteiger charge is 2.16. The van der Waals surface area contributed by atoms with Gasteiger partial charge in [-0.2, -0.15) is 5.10 Å². The number of aryl methyl sites for hydroxylation is 1. The van der Waals surface area contributed by atoms with Crippen LogP contribution in [0.1, 0.15) is 21.7 Å². The molecule has 0 saturated carbocycles. The van der Waals surface area contributed by atoms with E-state index in [9.17, 15) is 14.9 Å². The van der Waals surface area contributed by atoms with Crippen molar-refractivity contribution in [3.63, 3.8) is 0 Å². The van der Waals surface area contributed by atoms with Crippen LogP contribution in [0.25, 0.3) is 0 Å². The number of benzene rings is 2. The number of nitro groups is 1. The summed E-state index contributed by atoms with van der Waals surface area (Å²) in [5, 5.41) is 15.8. The van der Waals surface area contributed by atoms with Gasteiger partial charge in [0.05, 0.1) is 4.92 Å². The molecule has 1 amide bonds. The summed E-state index contributed by atoms with van der Waals surface area (Å²) in [5.74, 6) is 0.00992. The summed E-state index contributed by atoms with van der Waals surface area (Å²) in [6.07, 6.45) is 3.28. The number of carbonyl (C=O) groups is 1. The van der Waals surface area contributed by atoms with Crippen molar-refractivity contribution in [3.05, 3.63) is 93.0 Å². The predicted molar refractivity (Wildman–Crippen MR) is 101 cm³/mol. The van der Waals surface area contributed by atoms with Crippen LogP contribution in [0.4, 0.5) is 5.69 Å². The second-order valence-electron chi connectivity index (χ2n) is 5.58. The molecule has 0 bridgehead atoms. The molecule has 3 aromatic rings. The Labute approximate surface area is 159 Å². The SMILES string of the molecule is Cn1ccnc1/C(=N/NC(=O)c1ccc(Cl)cc1)c1cccc([N+](=O)[O-])c1. The van der Waals surface area contributed by atoms with Crippen LogP contribution in [0.5, 0.6) is 0 Å². The molecule has 0 atom stereocenters. The van der Waals surface area contributed by atoms with Crippen LogP contribution >= 0.6 is 11.6 Å². The Hall–Kier alpha value is -3.52. The molecule has 3 rings (SSSR count). The van der Waals surface area contributed by atoms with Crippen molar-refractivity contribution in [2.45, 2.75) is 0 Å². The van der Waals surface area contributed by atoms with Crippen LogP contribution in [0.2, 0.25) is 5.02 Å². The van der Waals surface area contributed by atoms with Gasteiger partial charge < -0.3 is 4.57 Å². The summed E-state index contributed by atoms with van der Waals surface area (Å²) in [6, 6.07) is 12.3. The van der Waals surface area contributed by atoms with Crippen LogP contribution in [-0.4, -0.2) is 26.1 Å². The van der Waals surface area contributed by atoms with Crippen molar-refractivity contribution in [1.82, 2.24) is 15.0 Å². The largest absolute Gasteiger partial charge is 0.333 e. The number of amides is 1. The minimum atomic E-state index is -0.494. The number of rotatable bonds is 5. The number of nitro benzene ring substituents is 1. The van der Waals surface area contributed by atoms with Crippen LogP contribution in [0.3, 0.4) is 0 Å². The van der Waals surface area contributed by atoms with Crippen molar-refractivity contribution in [3.8, 4) is 0 Å². The summed E-state index contributed by atoms with van der Waals surface area (Å²) in [7, 11) is 1.76. The minimum Gasteiger partial charge on any atom is -0.333 e. The van der Waals surface area contributed by atoms with E-state index in [-0.39, 0.29) is 5.69 Å². The molecule has 0 spiro atoms. The van der Waals surface area contributed by atoms with Gasteiger partial charge in [-0.1, -0.05) is 23.7 Å². The predicted octanol–water partition coefficient (Wildman–Crippen LogP) is 3.16. The Morgan fingerprint density at radius 2 is 1.96 bits per heavy atom. The Morgan fingerprint density at radius 1 is 1.22 bits per heavy atom. The van der Waals surface area contributed by atoms with Crippen molar-refractivity contribution in [2.24, 2.45) is 12.1 Å². The van der Waals surface area contributed by atoms with Gasteiger partial charge in [0, 0.05) is 47.7 Å². The fraction of sp³-hybridized carbons (Fsp3) is 0.0556. The number of aromatic nitrogens is 2. The first-order chi connectivity index (χ1) is 13.0. The Kier molecular flexibility index (Phi) is 5.28. The van der Waals surface area contributed by atoms with Crippen LogP contribution < -0.4 is 5.43 Å². The van der Waals surface area contributed by atoms with E-state index in [0.29, 0.717) is 27.7 Å². The molecular formula is C18H14ClN5O3. The number of hydrogen-bond donors (Lipinski definition) is 1. The molecular weight excluding hydrogens is 370 g/mol. The highest BCUT2D eigenvalue weighted by atomic mass is 35.5. The number of imidazole rings is 1.